The van der Waals surface area contributed by atoms with Crippen molar-refractivity contribution in [3.8, 4) is 0 Å². The van der Waals surface area contributed by atoms with Crippen molar-refractivity contribution in [1.29, 1.82) is 0 Å². The van der Waals surface area contributed by atoms with E-state index in [1.165, 1.54) is 19.3 Å². The Morgan fingerprint density at radius 3 is 2.81 bits per heavy atom. The summed E-state index contributed by atoms with van der Waals surface area (Å²) in [5, 5.41) is 6.79. The first kappa shape index (κ1) is 16.4. The molecule has 2 N–H and O–H groups in total. The number of thioether (sulfide) groups is 1. The third-order valence-corrected chi connectivity index (χ3v) is 3.34. The molecule has 1 aliphatic rings. The van der Waals surface area contributed by atoms with Gasteiger partial charge in [-0.05, 0) is 25.0 Å². The summed E-state index contributed by atoms with van der Waals surface area (Å²) in [6.45, 7) is 3.24. The van der Waals surface area contributed by atoms with Crippen LogP contribution in [0.3, 0.4) is 0 Å². The van der Waals surface area contributed by atoms with Crippen LogP contribution < -0.4 is 10.6 Å². The van der Waals surface area contributed by atoms with E-state index in [0.29, 0.717) is 6.04 Å². The molecule has 0 amide bonds. The van der Waals surface area contributed by atoms with Crippen molar-refractivity contribution in [2.24, 2.45) is 10.9 Å². The van der Waals surface area contributed by atoms with Gasteiger partial charge in [-0.25, -0.2) is 0 Å². The van der Waals surface area contributed by atoms with Crippen molar-refractivity contribution in [3.05, 3.63) is 0 Å². The Morgan fingerprint density at radius 2 is 2.25 bits per heavy atom. The van der Waals surface area contributed by atoms with Crippen molar-refractivity contribution in [3.63, 3.8) is 0 Å². The Morgan fingerprint density at radius 1 is 1.50 bits per heavy atom. The average Bonchev–Trinajstić information content (AvgIpc) is 2.96. The van der Waals surface area contributed by atoms with Crippen molar-refractivity contribution in [1.82, 2.24) is 10.6 Å². The third kappa shape index (κ3) is 6.18. The van der Waals surface area contributed by atoms with E-state index in [1.807, 2.05) is 18.8 Å². The predicted molar refractivity (Wildman–Crippen MR) is 85.1 cm³/mol. The second kappa shape index (κ2) is 9.39. The molecular weight excluding hydrogens is 333 g/mol. The van der Waals surface area contributed by atoms with Crippen LogP contribution in [0.4, 0.5) is 0 Å². The number of aliphatic imine (C=N–C) groups is 1. The minimum absolute atomic E-state index is 0. The largest absolute Gasteiger partial charge is 0.356 e. The van der Waals surface area contributed by atoms with Gasteiger partial charge in [0.15, 0.2) is 5.96 Å². The Hall–Kier alpha value is 0.350. The van der Waals surface area contributed by atoms with Gasteiger partial charge in [0.1, 0.15) is 0 Å². The zero-order valence-electron chi connectivity index (χ0n) is 10.5. The maximum atomic E-state index is 4.22. The third-order valence-electron chi connectivity index (χ3n) is 2.73. The molecule has 1 fully saturated rings. The van der Waals surface area contributed by atoms with E-state index in [1.54, 1.807) is 0 Å². The van der Waals surface area contributed by atoms with Crippen LogP contribution in [0.2, 0.25) is 0 Å². The topological polar surface area (TPSA) is 36.4 Å². The molecule has 0 saturated heterocycles. The zero-order valence-corrected chi connectivity index (χ0v) is 13.6. The van der Waals surface area contributed by atoms with E-state index < -0.39 is 0 Å². The molecule has 96 valence electrons. The first-order valence-electron chi connectivity index (χ1n) is 5.78. The van der Waals surface area contributed by atoms with Gasteiger partial charge in [-0.1, -0.05) is 13.3 Å². The molecule has 16 heavy (non-hydrogen) atoms. The highest BCUT2D eigenvalue weighted by Gasteiger charge is 2.36. The molecule has 1 rings (SSSR count). The standard InChI is InChI=1S/C11H23N3S.HI/c1-4-5-9-8-10(9)14-11(12-2)13-6-7-15-3;/h9-10H,4-8H2,1-3H3,(H2,12,13,14);1H. The molecule has 0 heterocycles. The van der Waals surface area contributed by atoms with Crippen LogP contribution in [0.15, 0.2) is 4.99 Å². The summed E-state index contributed by atoms with van der Waals surface area (Å²) in [6.07, 6.45) is 6.08. The lowest BCUT2D eigenvalue weighted by Crippen LogP contribution is -2.40. The van der Waals surface area contributed by atoms with E-state index in [-0.39, 0.29) is 24.0 Å². The van der Waals surface area contributed by atoms with Crippen LogP contribution in [0.5, 0.6) is 0 Å². The highest BCUT2D eigenvalue weighted by Crippen LogP contribution is 2.34. The number of hydrogen-bond acceptors (Lipinski definition) is 2. The van der Waals surface area contributed by atoms with Gasteiger partial charge in [-0.15, -0.1) is 24.0 Å². The Bertz CT molecular complexity index is 211. The highest BCUT2D eigenvalue weighted by molar-refractivity contribution is 14.0. The maximum Gasteiger partial charge on any atom is 0.191 e. The molecule has 0 aliphatic heterocycles. The highest BCUT2D eigenvalue weighted by atomic mass is 127. The quantitative estimate of drug-likeness (QED) is 0.332. The summed E-state index contributed by atoms with van der Waals surface area (Å²) in [5.41, 5.74) is 0. The normalized spacial score (nSPS) is 23.6. The first-order valence-corrected chi connectivity index (χ1v) is 7.17. The van der Waals surface area contributed by atoms with E-state index in [9.17, 15) is 0 Å². The summed E-state index contributed by atoms with van der Waals surface area (Å²) in [4.78, 5) is 4.22. The molecule has 3 nitrogen and oxygen atoms in total. The monoisotopic (exact) mass is 357 g/mol. The molecule has 0 aromatic carbocycles. The van der Waals surface area contributed by atoms with Crippen LogP contribution in [0.1, 0.15) is 26.2 Å². The van der Waals surface area contributed by atoms with E-state index >= 15 is 0 Å². The van der Waals surface area contributed by atoms with Crippen LogP contribution in [0.25, 0.3) is 0 Å². The molecule has 1 saturated carbocycles. The lowest BCUT2D eigenvalue weighted by atomic mass is 10.2. The fourth-order valence-electron chi connectivity index (χ4n) is 1.76. The van der Waals surface area contributed by atoms with E-state index in [2.05, 4.69) is 28.8 Å². The number of guanidine groups is 1. The van der Waals surface area contributed by atoms with Gasteiger partial charge in [-0.2, -0.15) is 11.8 Å². The summed E-state index contributed by atoms with van der Waals surface area (Å²) >= 11 is 1.85. The molecule has 0 spiro atoms. The Kier molecular flexibility index (Phi) is 9.59. The predicted octanol–water partition coefficient (Wildman–Crippen LogP) is 2.32. The van der Waals surface area contributed by atoms with Crippen LogP contribution in [-0.2, 0) is 0 Å². The van der Waals surface area contributed by atoms with Crippen LogP contribution in [0, 0.1) is 5.92 Å². The zero-order chi connectivity index (χ0) is 11.1. The van der Waals surface area contributed by atoms with Gasteiger partial charge in [0.25, 0.3) is 0 Å². The maximum absolute atomic E-state index is 4.22. The van der Waals surface area contributed by atoms with Gasteiger partial charge in [0.05, 0.1) is 0 Å². The van der Waals surface area contributed by atoms with Gasteiger partial charge < -0.3 is 10.6 Å². The van der Waals surface area contributed by atoms with E-state index in [0.717, 1.165) is 24.2 Å². The summed E-state index contributed by atoms with van der Waals surface area (Å²) in [6, 6.07) is 0.672. The number of halogens is 1. The molecule has 0 radical (unpaired) electrons. The smallest absolute Gasteiger partial charge is 0.191 e. The average molecular weight is 357 g/mol. The van der Waals surface area contributed by atoms with Gasteiger partial charge in [0, 0.05) is 25.4 Å². The summed E-state index contributed by atoms with van der Waals surface area (Å²) < 4.78 is 0. The van der Waals surface area contributed by atoms with Gasteiger partial charge in [-0.3, -0.25) is 4.99 Å². The summed E-state index contributed by atoms with van der Waals surface area (Å²) in [5.74, 6) is 2.98. The number of rotatable bonds is 6. The molecular formula is C11H24IN3S. The lowest BCUT2D eigenvalue weighted by molar-refractivity contribution is 0.657. The van der Waals surface area contributed by atoms with E-state index in [4.69, 9.17) is 0 Å². The molecule has 2 atom stereocenters. The van der Waals surface area contributed by atoms with Gasteiger partial charge >= 0.3 is 0 Å². The Balaban J connectivity index is 0.00000225. The van der Waals surface area contributed by atoms with Crippen molar-refractivity contribution in [2.45, 2.75) is 32.2 Å². The lowest BCUT2D eigenvalue weighted by Gasteiger charge is -2.10. The summed E-state index contributed by atoms with van der Waals surface area (Å²) in [7, 11) is 1.84. The SMILES string of the molecule is CCCC1CC1NC(=NC)NCCSC.I. The first-order chi connectivity index (χ1) is 7.31. The van der Waals surface area contributed by atoms with Crippen molar-refractivity contribution in [2.75, 3.05) is 25.6 Å². The second-order valence-corrected chi connectivity index (χ2v) is 5.01. The fourth-order valence-corrected chi connectivity index (χ4v) is 2.06. The second-order valence-electron chi connectivity index (χ2n) is 4.03. The minimum Gasteiger partial charge on any atom is -0.356 e. The number of hydrogen-bond donors (Lipinski definition) is 2. The van der Waals surface area contributed by atoms with Crippen LogP contribution >= 0.6 is 35.7 Å². The van der Waals surface area contributed by atoms with Crippen molar-refractivity contribution >= 4 is 41.7 Å². The minimum atomic E-state index is 0. The molecule has 5 heteroatoms. The molecule has 0 aromatic heterocycles. The van der Waals surface area contributed by atoms with Crippen LogP contribution in [-0.4, -0.2) is 37.6 Å². The molecule has 0 bridgehead atoms. The van der Waals surface area contributed by atoms with Crippen molar-refractivity contribution < 1.29 is 0 Å². The number of nitrogens with one attached hydrogen (secondary N) is 2. The molecule has 1 aliphatic carbocycles. The number of nitrogens with zero attached hydrogens (tertiary/aromatic N) is 1. The van der Waals surface area contributed by atoms with Gasteiger partial charge in [0.2, 0.25) is 0 Å². The fraction of sp³-hybridized carbons (Fsp3) is 0.909. The Labute approximate surface area is 121 Å². The molecule has 2 unspecified atom stereocenters. The molecule has 0 aromatic rings.